The molecule has 0 spiro atoms. The van der Waals surface area contributed by atoms with Crippen LogP contribution >= 0.6 is 24.4 Å². The van der Waals surface area contributed by atoms with Crippen molar-refractivity contribution in [2.24, 2.45) is 0 Å². The molecule has 0 aliphatic rings. The third kappa shape index (κ3) is 2.33. The third-order valence-electron chi connectivity index (χ3n) is 2.99. The summed E-state index contributed by atoms with van der Waals surface area (Å²) in [6, 6.07) is 6.53. The normalized spacial score (nSPS) is 11.9. The van der Waals surface area contributed by atoms with Gasteiger partial charge in [-0.25, -0.2) is 0 Å². The molecule has 2 N–H and O–H groups in total. The van der Waals surface area contributed by atoms with Crippen LogP contribution in [-0.2, 0) is 10.0 Å². The lowest BCUT2D eigenvalue weighted by molar-refractivity contribution is 0.582. The summed E-state index contributed by atoms with van der Waals surface area (Å²) in [5.74, 6) is 0. The largest absolute Gasteiger partial charge is 0.323 e. The van der Waals surface area contributed by atoms with E-state index in [1.807, 2.05) is 6.92 Å². The van der Waals surface area contributed by atoms with Gasteiger partial charge in [-0.1, -0.05) is 29.9 Å². The first-order valence-electron chi connectivity index (χ1n) is 5.92. The number of fused-ring (bicyclic) bond motifs is 1. The Balaban J connectivity index is 2.32. The molecule has 0 atom stereocenters. The minimum absolute atomic E-state index is 0.149. The third-order valence-corrected chi connectivity index (χ3v) is 5.11. The van der Waals surface area contributed by atoms with Crippen LogP contribution < -0.4 is 0 Å². The molecule has 3 rings (SSSR count). The van der Waals surface area contributed by atoms with E-state index in [9.17, 15) is 8.42 Å². The number of H-pyrrole nitrogens is 2. The number of aryl methyl sites for hydroxylation is 1. The summed E-state index contributed by atoms with van der Waals surface area (Å²) in [4.78, 5) is 5.68. The van der Waals surface area contributed by atoms with Crippen molar-refractivity contribution in [2.45, 2.75) is 11.8 Å². The van der Waals surface area contributed by atoms with Crippen LogP contribution in [0, 0.1) is 16.3 Å². The Morgan fingerprint density at radius 1 is 1.14 bits per heavy atom. The molecule has 0 radical (unpaired) electrons. The standard InChI is InChI=1S/C12H10N4O2S3/c1-7-2-4-8(5-3-7)21(17,18)16-10-9(6-13-16)11(19)15-12(20)14-10/h2-6H,1H3,(H2,14,15,19,20). The molecule has 9 heteroatoms. The lowest BCUT2D eigenvalue weighted by atomic mass is 10.2. The summed E-state index contributed by atoms with van der Waals surface area (Å²) in [5.41, 5.74) is 1.23. The number of aromatic nitrogens is 4. The fourth-order valence-corrected chi connectivity index (χ4v) is 3.67. The van der Waals surface area contributed by atoms with Crippen molar-refractivity contribution in [3.8, 4) is 0 Å². The van der Waals surface area contributed by atoms with Crippen LogP contribution in [0.5, 0.6) is 0 Å². The average Bonchev–Trinajstić information content (AvgIpc) is 2.83. The summed E-state index contributed by atoms with van der Waals surface area (Å²) in [6.07, 6.45) is 1.39. The molecule has 0 unspecified atom stereocenters. The monoisotopic (exact) mass is 338 g/mol. The minimum atomic E-state index is -3.80. The molecule has 1 aromatic carbocycles. The van der Waals surface area contributed by atoms with E-state index in [4.69, 9.17) is 24.4 Å². The van der Waals surface area contributed by atoms with Crippen molar-refractivity contribution >= 4 is 45.5 Å². The Morgan fingerprint density at radius 3 is 2.48 bits per heavy atom. The Bertz CT molecular complexity index is 1040. The van der Waals surface area contributed by atoms with Crippen LogP contribution in [0.3, 0.4) is 0 Å². The van der Waals surface area contributed by atoms with E-state index in [0.29, 0.717) is 10.0 Å². The molecule has 2 aromatic heterocycles. The SMILES string of the molecule is Cc1ccc(S(=O)(=O)n2ncc3c(=S)[nH]c(=S)[nH]c32)cc1. The number of nitrogens with one attached hydrogen (secondary N) is 2. The molecule has 0 bridgehead atoms. The van der Waals surface area contributed by atoms with Crippen LogP contribution in [0.1, 0.15) is 5.56 Å². The second-order valence-corrected chi connectivity index (χ2v) is 7.06. The van der Waals surface area contributed by atoms with E-state index < -0.39 is 10.0 Å². The molecule has 0 fully saturated rings. The second-order valence-electron chi connectivity index (χ2n) is 4.48. The molecule has 21 heavy (non-hydrogen) atoms. The molecular weight excluding hydrogens is 328 g/mol. The Labute approximate surface area is 130 Å². The van der Waals surface area contributed by atoms with E-state index in [1.54, 1.807) is 12.1 Å². The topological polar surface area (TPSA) is 83.5 Å². The highest BCUT2D eigenvalue weighted by atomic mass is 32.2. The van der Waals surface area contributed by atoms with Gasteiger partial charge in [0.2, 0.25) is 0 Å². The molecule has 2 heterocycles. The first kappa shape index (κ1) is 14.1. The van der Waals surface area contributed by atoms with Crippen molar-refractivity contribution in [3.05, 3.63) is 45.4 Å². The van der Waals surface area contributed by atoms with E-state index in [2.05, 4.69) is 15.1 Å². The van der Waals surface area contributed by atoms with E-state index in [1.165, 1.54) is 18.3 Å². The lowest BCUT2D eigenvalue weighted by Crippen LogP contribution is -2.15. The van der Waals surface area contributed by atoms with Crippen molar-refractivity contribution in [1.29, 1.82) is 0 Å². The van der Waals surface area contributed by atoms with Crippen LogP contribution in [0.4, 0.5) is 0 Å². The van der Waals surface area contributed by atoms with E-state index >= 15 is 0 Å². The fraction of sp³-hybridized carbons (Fsp3) is 0.0833. The average molecular weight is 338 g/mol. The molecule has 108 valence electrons. The first-order chi connectivity index (χ1) is 9.89. The summed E-state index contributed by atoms with van der Waals surface area (Å²) in [6.45, 7) is 1.89. The predicted molar refractivity (Wildman–Crippen MR) is 83.9 cm³/mol. The Kier molecular flexibility index (Phi) is 3.27. The van der Waals surface area contributed by atoms with Gasteiger partial charge in [0.1, 0.15) is 4.64 Å². The van der Waals surface area contributed by atoms with Gasteiger partial charge in [-0.15, -0.1) is 4.09 Å². The first-order valence-corrected chi connectivity index (χ1v) is 8.18. The smallest absolute Gasteiger partial charge is 0.284 e. The minimum Gasteiger partial charge on any atom is -0.323 e. The van der Waals surface area contributed by atoms with E-state index in [0.717, 1.165) is 9.65 Å². The number of hydrogen-bond donors (Lipinski definition) is 2. The highest BCUT2D eigenvalue weighted by Gasteiger charge is 2.21. The molecule has 0 saturated carbocycles. The van der Waals surface area contributed by atoms with E-state index in [-0.39, 0.29) is 15.3 Å². The van der Waals surface area contributed by atoms with Gasteiger partial charge < -0.3 is 9.97 Å². The zero-order valence-electron chi connectivity index (χ0n) is 10.8. The number of hydrogen-bond acceptors (Lipinski definition) is 5. The number of rotatable bonds is 2. The van der Waals surface area contributed by atoms with Crippen molar-refractivity contribution < 1.29 is 8.42 Å². The van der Waals surface area contributed by atoms with Gasteiger partial charge in [0, 0.05) is 0 Å². The zero-order valence-corrected chi connectivity index (χ0v) is 13.3. The fourth-order valence-electron chi connectivity index (χ4n) is 1.91. The number of aromatic amines is 2. The van der Waals surface area contributed by atoms with Crippen molar-refractivity contribution in [1.82, 2.24) is 19.2 Å². The summed E-state index contributed by atoms with van der Waals surface area (Å²) >= 11 is 10.1. The quantitative estimate of drug-likeness (QED) is 0.702. The number of nitrogens with zero attached hydrogens (tertiary/aromatic N) is 2. The second kappa shape index (κ2) is 4.86. The van der Waals surface area contributed by atoms with Crippen molar-refractivity contribution in [3.63, 3.8) is 0 Å². The van der Waals surface area contributed by atoms with Crippen LogP contribution in [-0.4, -0.2) is 27.6 Å². The van der Waals surface area contributed by atoms with Gasteiger partial charge in [-0.05, 0) is 31.3 Å². The molecule has 3 aromatic rings. The van der Waals surface area contributed by atoms with Gasteiger partial charge in [0.15, 0.2) is 10.4 Å². The molecule has 0 aliphatic heterocycles. The Hall–Kier alpha value is -1.84. The van der Waals surface area contributed by atoms with Gasteiger partial charge in [-0.2, -0.15) is 13.5 Å². The summed E-state index contributed by atoms with van der Waals surface area (Å²) < 4.78 is 26.8. The highest BCUT2D eigenvalue weighted by molar-refractivity contribution is 7.90. The molecule has 6 nitrogen and oxygen atoms in total. The number of benzene rings is 1. The van der Waals surface area contributed by atoms with Gasteiger partial charge in [0.25, 0.3) is 10.0 Å². The summed E-state index contributed by atoms with van der Waals surface area (Å²) in [5, 5.41) is 4.43. The van der Waals surface area contributed by atoms with Gasteiger partial charge in [0.05, 0.1) is 16.5 Å². The van der Waals surface area contributed by atoms with Crippen LogP contribution in [0.2, 0.25) is 0 Å². The van der Waals surface area contributed by atoms with Crippen LogP contribution in [0.15, 0.2) is 35.4 Å². The van der Waals surface area contributed by atoms with Crippen LogP contribution in [0.25, 0.3) is 11.0 Å². The van der Waals surface area contributed by atoms with Gasteiger partial charge in [-0.3, -0.25) is 0 Å². The molecule has 0 aliphatic carbocycles. The molecular formula is C12H10N4O2S3. The maximum atomic E-state index is 12.6. The predicted octanol–water partition coefficient (Wildman–Crippen LogP) is 2.70. The highest BCUT2D eigenvalue weighted by Crippen LogP contribution is 2.19. The maximum Gasteiger partial charge on any atom is 0.284 e. The molecule has 0 amide bonds. The maximum absolute atomic E-state index is 12.6. The van der Waals surface area contributed by atoms with Crippen molar-refractivity contribution in [2.75, 3.05) is 0 Å². The molecule has 0 saturated heterocycles. The zero-order chi connectivity index (χ0) is 15.2. The summed E-state index contributed by atoms with van der Waals surface area (Å²) in [7, 11) is -3.80. The Morgan fingerprint density at radius 2 is 1.81 bits per heavy atom. The van der Waals surface area contributed by atoms with Gasteiger partial charge >= 0.3 is 0 Å². The lowest BCUT2D eigenvalue weighted by Gasteiger charge is -2.06.